The Balaban J connectivity index is 1.06. The molecule has 0 aromatic carbocycles. The number of hydrogen-bond acceptors (Lipinski definition) is 20. The van der Waals surface area contributed by atoms with Crippen molar-refractivity contribution in [2.45, 2.75) is 42.9 Å². The second kappa shape index (κ2) is 12.3. The third-order valence-corrected chi connectivity index (χ3v) is 10.7. The van der Waals surface area contributed by atoms with E-state index in [-0.39, 0.29) is 44.4 Å². The Bertz CT molecular complexity index is 1970. The van der Waals surface area contributed by atoms with Gasteiger partial charge in [0, 0.05) is 0 Å². The fourth-order valence-electron chi connectivity index (χ4n) is 4.89. The monoisotopic (exact) mass is 738 g/mol. The van der Waals surface area contributed by atoms with Crippen LogP contribution in [0.1, 0.15) is 6.23 Å². The maximum absolute atomic E-state index is 12.6. The number of H-pyrrole nitrogens is 2. The van der Waals surface area contributed by atoms with Gasteiger partial charge in [0.05, 0.1) is 31.7 Å². The quantitative estimate of drug-likeness (QED) is 0.0781. The zero-order valence-corrected chi connectivity index (χ0v) is 26.6. The summed E-state index contributed by atoms with van der Waals surface area (Å²) in [7, 11) is -10.7. The Hall–Kier alpha value is -3.29. The summed E-state index contributed by atoms with van der Waals surface area (Å²) >= 11 is 10.7. The van der Waals surface area contributed by atoms with E-state index in [9.17, 15) is 38.7 Å². The molecule has 3 aromatic heterocycles. The number of hydrogen-bond donors (Lipinski definition) is 10. The van der Waals surface area contributed by atoms with Gasteiger partial charge in [-0.3, -0.25) is 33.2 Å². The van der Waals surface area contributed by atoms with Crippen LogP contribution in [-0.2, 0) is 57.2 Å². The van der Waals surface area contributed by atoms with Gasteiger partial charge < -0.3 is 76.8 Å². The molecule has 2 unspecified atom stereocenters. The van der Waals surface area contributed by atoms with Gasteiger partial charge in [0.25, 0.3) is 11.1 Å². The Kier molecular flexibility index (Phi) is 8.80. The molecule has 9 atom stereocenters. The highest BCUT2D eigenvalue weighted by atomic mass is 32.1. The average molecular weight is 739 g/mol. The number of phosphoric ester groups is 2. The highest BCUT2D eigenvalue weighted by molar-refractivity contribution is 7.68. The number of imidazole rings is 1. The van der Waals surface area contributed by atoms with Crippen LogP contribution in [-0.4, -0.2) is 99.4 Å². The zero-order chi connectivity index (χ0) is 34.0. The number of aromatic amines is 2. The maximum Gasteiger partial charge on any atom is 0.481 e. The first-order chi connectivity index (χ1) is 22.0. The molecular formula is C20H24N10O13P2S2-2. The molecule has 1 fully saturated rings. The van der Waals surface area contributed by atoms with Gasteiger partial charge in [-0.05, 0) is 0 Å². The minimum atomic E-state index is -5.39. The number of nitrogens with one attached hydrogen (secondary N) is 4. The van der Waals surface area contributed by atoms with Crippen LogP contribution in [0.15, 0.2) is 25.7 Å². The van der Waals surface area contributed by atoms with Gasteiger partial charge in [-0.15, -0.1) is 0 Å². The second-order valence-corrected chi connectivity index (χ2v) is 14.1. The Labute approximate surface area is 271 Å². The number of nitrogen functional groups attached to an aromatic ring is 2. The molecule has 3 aliphatic rings. The molecular weight excluding hydrogens is 714 g/mol. The molecule has 27 heteroatoms. The lowest BCUT2D eigenvalue weighted by Gasteiger charge is -2.49. The molecule has 0 aliphatic carbocycles. The fraction of sp³-hybridized carbons (Fsp3) is 0.450. The van der Waals surface area contributed by atoms with Crippen molar-refractivity contribution in [2.24, 2.45) is 0 Å². The molecule has 3 aromatic rings. The number of rotatable bonds is 9. The SMILES string of the molecule is Nc1nc2c(c(=O)[nH]1)N[C@H]1C([S-])=C([S-])[C@@H](COP(=O)(O)OP(=O)(O)OC[C@H]3O[C@@H](n4cnc5c(=O)[nH]c(N)nc54)[C@H](O)[C@@H]3O)O[C@H]1N2. The van der Waals surface area contributed by atoms with Crippen molar-refractivity contribution in [2.75, 3.05) is 35.3 Å². The molecule has 0 spiro atoms. The van der Waals surface area contributed by atoms with Crippen LogP contribution in [0.5, 0.6) is 0 Å². The van der Waals surface area contributed by atoms with Crippen molar-refractivity contribution in [1.29, 1.82) is 0 Å². The van der Waals surface area contributed by atoms with Crippen molar-refractivity contribution in [3.05, 3.63) is 36.8 Å². The summed E-state index contributed by atoms with van der Waals surface area (Å²) in [4.78, 5) is 61.0. The number of aliphatic hydroxyl groups is 2. The summed E-state index contributed by atoms with van der Waals surface area (Å²) in [5.41, 5.74) is 9.69. The lowest BCUT2D eigenvalue weighted by molar-refractivity contribution is -0.0506. The summed E-state index contributed by atoms with van der Waals surface area (Å²) in [5.74, 6) is -0.395. The van der Waals surface area contributed by atoms with Gasteiger partial charge in [-0.25, -0.2) is 14.1 Å². The summed E-state index contributed by atoms with van der Waals surface area (Å²) in [6.45, 7) is -1.71. The average Bonchev–Trinajstić information content (AvgIpc) is 3.52. The predicted octanol–water partition coefficient (Wildman–Crippen LogP) is -2.83. The second-order valence-electron chi connectivity index (χ2n) is 10.1. The predicted molar refractivity (Wildman–Crippen MR) is 162 cm³/mol. The van der Waals surface area contributed by atoms with E-state index in [0.29, 0.717) is 0 Å². The first-order valence-electron chi connectivity index (χ1n) is 13.1. The maximum atomic E-state index is 12.6. The minimum absolute atomic E-state index is 0.0316. The smallest absolute Gasteiger partial charge is 0.481 e. The van der Waals surface area contributed by atoms with Crippen LogP contribution >= 0.6 is 15.6 Å². The number of aromatic nitrogens is 6. The van der Waals surface area contributed by atoms with Gasteiger partial charge in [-0.2, -0.15) is 24.1 Å². The number of fused-ring (bicyclic) bond motifs is 3. The van der Waals surface area contributed by atoms with Crippen molar-refractivity contribution in [3.63, 3.8) is 0 Å². The molecule has 1 saturated heterocycles. The van der Waals surface area contributed by atoms with Gasteiger partial charge in [0.1, 0.15) is 24.0 Å². The number of phosphoric acid groups is 2. The zero-order valence-electron chi connectivity index (χ0n) is 23.2. The molecule has 0 saturated carbocycles. The first-order valence-corrected chi connectivity index (χ1v) is 16.9. The molecule has 6 rings (SSSR count). The van der Waals surface area contributed by atoms with E-state index in [1.165, 1.54) is 0 Å². The number of anilines is 4. The molecule has 47 heavy (non-hydrogen) atoms. The number of nitrogens with two attached hydrogens (primary N) is 2. The molecule has 6 heterocycles. The van der Waals surface area contributed by atoms with Crippen LogP contribution in [0.25, 0.3) is 11.2 Å². The molecule has 0 bridgehead atoms. The van der Waals surface area contributed by atoms with Crippen LogP contribution in [0.2, 0.25) is 0 Å². The van der Waals surface area contributed by atoms with Crippen LogP contribution in [0.3, 0.4) is 0 Å². The normalized spacial score (nSPS) is 29.7. The van der Waals surface area contributed by atoms with Gasteiger partial charge in [0.2, 0.25) is 11.9 Å². The third kappa shape index (κ3) is 6.58. The first kappa shape index (κ1) is 33.6. The van der Waals surface area contributed by atoms with E-state index in [1.54, 1.807) is 0 Å². The molecule has 256 valence electrons. The molecule has 0 amide bonds. The van der Waals surface area contributed by atoms with E-state index in [0.717, 1.165) is 10.9 Å². The number of aliphatic hydroxyl groups excluding tert-OH is 2. The van der Waals surface area contributed by atoms with E-state index in [4.69, 9.17) is 55.2 Å². The Morgan fingerprint density at radius 3 is 2.32 bits per heavy atom. The number of ether oxygens (including phenoxy) is 2. The fourth-order valence-corrected chi connectivity index (χ4v) is 7.54. The van der Waals surface area contributed by atoms with Crippen molar-refractivity contribution >= 4 is 75.5 Å². The van der Waals surface area contributed by atoms with Gasteiger partial charge in [-0.1, -0.05) is 0 Å². The summed E-state index contributed by atoms with van der Waals surface area (Å²) in [5, 5.41) is 26.7. The van der Waals surface area contributed by atoms with Crippen LogP contribution < -0.4 is 33.2 Å². The van der Waals surface area contributed by atoms with Crippen molar-refractivity contribution in [3.8, 4) is 0 Å². The lowest BCUT2D eigenvalue weighted by atomic mass is 10.1. The standard InChI is InChI=1S/C20H26N10O13P2S2/c21-19-26-13-7(15(33)28-19)24-6-12(47)11(46)5(41-17(6)25-13)2-40-45(37,38)43-44(35,36)39-1-4-9(31)10(32)18(42-4)30-3-23-8-14(30)27-20(22)29-16(8)34/h3-6,9-10,17-18,24,31-32,46-47H,1-2H2,(H,35,36)(H,37,38)(H3,22,27,29,34)(H4,21,25,26,28,33)/p-2/t4-,5-,6+,9-,10-,17-,18-/m1/s1. The Morgan fingerprint density at radius 2 is 1.60 bits per heavy atom. The minimum Gasteiger partial charge on any atom is -0.783 e. The third-order valence-electron chi connectivity index (χ3n) is 7.01. The van der Waals surface area contributed by atoms with E-state index in [1.807, 2.05) is 0 Å². The van der Waals surface area contributed by atoms with Crippen LogP contribution in [0.4, 0.5) is 23.4 Å². The molecule has 0 radical (unpaired) electrons. The van der Waals surface area contributed by atoms with E-state index in [2.05, 4.69) is 39.9 Å². The largest absolute Gasteiger partial charge is 0.783 e. The molecule has 3 aliphatic heterocycles. The van der Waals surface area contributed by atoms with Crippen molar-refractivity contribution in [1.82, 2.24) is 29.5 Å². The summed E-state index contributed by atoms with van der Waals surface area (Å²) < 4.78 is 51.5. The summed E-state index contributed by atoms with van der Waals surface area (Å²) in [6.07, 6.45) is -7.40. The lowest BCUT2D eigenvalue weighted by Crippen LogP contribution is -2.53. The van der Waals surface area contributed by atoms with Crippen molar-refractivity contribution < 1.29 is 52.0 Å². The molecule has 12 N–H and O–H groups in total. The van der Waals surface area contributed by atoms with E-state index >= 15 is 0 Å². The van der Waals surface area contributed by atoms with Gasteiger partial charge in [0.15, 0.2) is 29.4 Å². The van der Waals surface area contributed by atoms with Gasteiger partial charge >= 0.3 is 15.6 Å². The summed E-state index contributed by atoms with van der Waals surface area (Å²) in [6, 6.07) is -0.813. The van der Waals surface area contributed by atoms with E-state index < -0.39 is 82.9 Å². The topological polar surface area (TPSA) is 347 Å². The van der Waals surface area contributed by atoms with Crippen LogP contribution in [0, 0.1) is 0 Å². The highest BCUT2D eigenvalue weighted by Gasteiger charge is 2.46. The molecule has 23 nitrogen and oxygen atoms in total. The Morgan fingerprint density at radius 1 is 0.936 bits per heavy atom. The highest BCUT2D eigenvalue weighted by Crippen LogP contribution is 2.60. The number of nitrogens with zero attached hydrogens (tertiary/aromatic N) is 4.